The molecule has 1 fully saturated rings. The smallest absolute Gasteiger partial charge is 0.257 e. The Hall–Kier alpha value is -3.17. The Morgan fingerprint density at radius 2 is 1.59 bits per heavy atom. The first-order valence-electron chi connectivity index (χ1n) is 10.8. The number of halogens is 5. The second-order valence-electron chi connectivity index (χ2n) is 8.35. The molecule has 0 saturated heterocycles. The van der Waals surface area contributed by atoms with Gasteiger partial charge in [-0.3, -0.25) is 9.59 Å². The summed E-state index contributed by atoms with van der Waals surface area (Å²) in [5.41, 5.74) is 1.96. The van der Waals surface area contributed by atoms with Crippen LogP contribution in [0.3, 0.4) is 0 Å². The number of anilines is 2. The fraction of sp³-hybridized carbons (Fsp3) is 0.120. The van der Waals surface area contributed by atoms with Gasteiger partial charge in [0.2, 0.25) is 5.91 Å². The first-order chi connectivity index (χ1) is 17.6. The zero-order valence-corrected chi connectivity index (χ0v) is 21.7. The monoisotopic (exact) mass is 577 g/mol. The summed E-state index contributed by atoms with van der Waals surface area (Å²) in [4.78, 5) is 30.2. The molecule has 37 heavy (non-hydrogen) atoms. The number of carbonyl (C=O) groups excluding carboxylic acids is 2. The van der Waals surface area contributed by atoms with Gasteiger partial charge < -0.3 is 10.6 Å². The molecule has 0 unspecified atom stereocenters. The van der Waals surface area contributed by atoms with Crippen molar-refractivity contribution in [1.29, 1.82) is 0 Å². The first kappa shape index (κ1) is 25.5. The number of carbonyl (C=O) groups is 2. The van der Waals surface area contributed by atoms with E-state index in [0.29, 0.717) is 32.7 Å². The number of aromatic nitrogens is 3. The number of hydrogen-bond donors (Lipinski definition) is 2. The van der Waals surface area contributed by atoms with Crippen molar-refractivity contribution in [2.45, 2.75) is 10.3 Å². The molecule has 1 aromatic heterocycles. The van der Waals surface area contributed by atoms with E-state index in [-0.39, 0.29) is 5.56 Å². The number of benzene rings is 3. The van der Waals surface area contributed by atoms with Crippen LogP contribution in [0, 0.1) is 11.7 Å². The van der Waals surface area contributed by atoms with E-state index in [2.05, 4.69) is 20.7 Å². The zero-order valence-electron chi connectivity index (χ0n) is 18.6. The summed E-state index contributed by atoms with van der Waals surface area (Å²) >= 11 is 25.1. The molecule has 0 bridgehead atoms. The second kappa shape index (κ2) is 9.95. The maximum atomic E-state index is 13.3. The Morgan fingerprint density at radius 1 is 0.919 bits per heavy atom. The molecule has 1 saturated carbocycles. The lowest BCUT2D eigenvalue weighted by Crippen LogP contribution is -2.19. The Labute approximate surface area is 230 Å². The van der Waals surface area contributed by atoms with Crippen molar-refractivity contribution in [3.63, 3.8) is 0 Å². The maximum Gasteiger partial charge on any atom is 0.257 e. The molecular weight excluding hydrogens is 563 g/mol. The van der Waals surface area contributed by atoms with E-state index in [1.165, 1.54) is 47.7 Å². The lowest BCUT2D eigenvalue weighted by atomic mass is 10.1. The van der Waals surface area contributed by atoms with Crippen LogP contribution in [-0.4, -0.2) is 30.9 Å². The summed E-state index contributed by atoms with van der Waals surface area (Å²) in [7, 11) is 0. The van der Waals surface area contributed by atoms with Gasteiger partial charge in [-0.25, -0.2) is 14.1 Å². The van der Waals surface area contributed by atoms with Crippen LogP contribution >= 0.6 is 46.4 Å². The first-order valence-corrected chi connectivity index (χ1v) is 12.4. The van der Waals surface area contributed by atoms with Crippen molar-refractivity contribution in [2.75, 3.05) is 10.6 Å². The third-order valence-electron chi connectivity index (χ3n) is 5.86. The molecule has 4 aromatic rings. The van der Waals surface area contributed by atoms with Crippen LogP contribution < -0.4 is 10.6 Å². The summed E-state index contributed by atoms with van der Waals surface area (Å²) in [6, 6.07) is 14.9. The number of alkyl halides is 2. The molecule has 1 aliphatic carbocycles. The predicted molar refractivity (Wildman–Crippen MR) is 141 cm³/mol. The minimum Gasteiger partial charge on any atom is -0.326 e. The van der Waals surface area contributed by atoms with Crippen molar-refractivity contribution in [2.24, 2.45) is 5.92 Å². The van der Waals surface area contributed by atoms with E-state index in [4.69, 9.17) is 46.4 Å². The van der Waals surface area contributed by atoms with Gasteiger partial charge in [0.25, 0.3) is 5.91 Å². The van der Waals surface area contributed by atoms with Crippen LogP contribution in [0.4, 0.5) is 15.8 Å². The lowest BCUT2D eigenvalue weighted by molar-refractivity contribution is -0.117. The summed E-state index contributed by atoms with van der Waals surface area (Å²) in [5, 5.41) is 10.4. The second-order valence-corrected chi connectivity index (χ2v) is 10.7. The van der Waals surface area contributed by atoms with Gasteiger partial charge in [0.1, 0.15) is 22.8 Å². The SMILES string of the molecule is O=C(Nc1ccc(F)cc1)c1cc(NC(=O)[C@@H]2[C@@H](c3cc(Cl)cc(Cl)c3)C2(Cl)Cl)ccc1-n1cncn1. The van der Waals surface area contributed by atoms with Gasteiger partial charge in [-0.05, 0) is 66.2 Å². The zero-order chi connectivity index (χ0) is 26.3. The van der Waals surface area contributed by atoms with E-state index in [1.807, 2.05) is 0 Å². The fourth-order valence-electron chi connectivity index (χ4n) is 4.10. The van der Waals surface area contributed by atoms with Gasteiger partial charge in [0.15, 0.2) is 0 Å². The van der Waals surface area contributed by atoms with Gasteiger partial charge in [0.05, 0.1) is 17.2 Å². The van der Waals surface area contributed by atoms with Crippen molar-refractivity contribution in [3.8, 4) is 5.69 Å². The number of nitrogens with one attached hydrogen (secondary N) is 2. The quantitative estimate of drug-likeness (QED) is 0.256. The molecule has 188 valence electrons. The molecule has 0 spiro atoms. The molecule has 0 radical (unpaired) electrons. The number of amides is 2. The van der Waals surface area contributed by atoms with Crippen LogP contribution in [0.2, 0.25) is 10.0 Å². The number of hydrogen-bond acceptors (Lipinski definition) is 4. The van der Waals surface area contributed by atoms with Crippen molar-refractivity contribution >= 4 is 69.6 Å². The molecule has 5 rings (SSSR count). The molecule has 2 N–H and O–H groups in total. The molecule has 12 heteroatoms. The Balaban J connectivity index is 1.41. The van der Waals surface area contributed by atoms with Gasteiger partial charge >= 0.3 is 0 Å². The summed E-state index contributed by atoms with van der Waals surface area (Å²) in [6.45, 7) is 0. The molecule has 2 amide bonds. The third kappa shape index (κ3) is 5.29. The normalized spacial score (nSPS) is 17.8. The van der Waals surface area contributed by atoms with Crippen LogP contribution in [-0.2, 0) is 4.79 Å². The van der Waals surface area contributed by atoms with Crippen LogP contribution in [0.15, 0.2) is 73.3 Å². The molecule has 1 aliphatic rings. The van der Waals surface area contributed by atoms with Crippen LogP contribution in [0.5, 0.6) is 0 Å². The van der Waals surface area contributed by atoms with Gasteiger partial charge in [0, 0.05) is 27.3 Å². The highest BCUT2D eigenvalue weighted by Gasteiger charge is 2.67. The summed E-state index contributed by atoms with van der Waals surface area (Å²) in [6.07, 6.45) is 2.76. The average Bonchev–Trinajstić information content (AvgIpc) is 3.16. The summed E-state index contributed by atoms with van der Waals surface area (Å²) < 4.78 is 13.3. The molecule has 1 heterocycles. The molecule has 3 aromatic carbocycles. The van der Waals surface area contributed by atoms with Crippen molar-refractivity contribution in [1.82, 2.24) is 14.8 Å². The van der Waals surface area contributed by atoms with Crippen molar-refractivity contribution < 1.29 is 14.0 Å². The molecule has 0 aliphatic heterocycles. The number of nitrogens with zero attached hydrogens (tertiary/aromatic N) is 3. The standard InChI is InChI=1S/C25H16Cl4FN5O2/c26-14-7-13(8-15(27)9-14)21-22(25(21,28)29)24(37)34-18-5-6-20(35-12-31-11-32-35)19(10-18)23(36)33-17-3-1-16(30)2-4-17/h1-12,21-22H,(H,33,36)(H,34,37)/t21-,22+/m1/s1. The van der Waals surface area contributed by atoms with E-state index in [1.54, 1.807) is 30.3 Å². The summed E-state index contributed by atoms with van der Waals surface area (Å²) in [5.74, 6) is -2.68. The maximum absolute atomic E-state index is 13.3. The third-order valence-corrected chi connectivity index (χ3v) is 7.23. The average molecular weight is 579 g/mol. The van der Waals surface area contributed by atoms with Crippen LogP contribution in [0.25, 0.3) is 5.69 Å². The minimum atomic E-state index is -1.36. The molecule has 7 nitrogen and oxygen atoms in total. The fourth-order valence-corrected chi connectivity index (χ4v) is 5.47. The largest absolute Gasteiger partial charge is 0.326 e. The van der Waals surface area contributed by atoms with E-state index in [9.17, 15) is 14.0 Å². The highest BCUT2D eigenvalue weighted by molar-refractivity contribution is 6.53. The van der Waals surface area contributed by atoms with Crippen LogP contribution in [0.1, 0.15) is 21.8 Å². The van der Waals surface area contributed by atoms with Crippen molar-refractivity contribution in [3.05, 3.63) is 100 Å². The molecular formula is C25H16Cl4FN5O2. The van der Waals surface area contributed by atoms with Gasteiger partial charge in [-0.15, -0.1) is 23.2 Å². The van der Waals surface area contributed by atoms with E-state index in [0.717, 1.165) is 0 Å². The highest BCUT2D eigenvalue weighted by Crippen LogP contribution is 2.65. The Morgan fingerprint density at radius 3 is 2.24 bits per heavy atom. The van der Waals surface area contributed by atoms with E-state index < -0.39 is 33.8 Å². The topological polar surface area (TPSA) is 88.9 Å². The van der Waals surface area contributed by atoms with Gasteiger partial charge in [-0.1, -0.05) is 23.2 Å². The number of rotatable bonds is 6. The van der Waals surface area contributed by atoms with Gasteiger partial charge in [-0.2, -0.15) is 5.10 Å². The Kier molecular flexibility index (Phi) is 6.85. The Bertz CT molecular complexity index is 1480. The highest BCUT2D eigenvalue weighted by atomic mass is 35.5. The van der Waals surface area contributed by atoms with E-state index >= 15 is 0 Å². The minimum absolute atomic E-state index is 0.185. The lowest BCUT2D eigenvalue weighted by Gasteiger charge is -2.13. The predicted octanol–water partition coefficient (Wildman–Crippen LogP) is 6.49. The molecule has 2 atom stereocenters.